The van der Waals surface area contributed by atoms with Gasteiger partial charge in [-0.2, -0.15) is 0 Å². The van der Waals surface area contributed by atoms with Crippen LogP contribution >= 0.6 is 0 Å². The van der Waals surface area contributed by atoms with E-state index < -0.39 is 31.3 Å². The van der Waals surface area contributed by atoms with Gasteiger partial charge in [-0.05, 0) is 6.07 Å². The Morgan fingerprint density at radius 1 is 1.21 bits per heavy atom. The summed E-state index contributed by atoms with van der Waals surface area (Å²) in [6.45, 7) is -1.53. The van der Waals surface area contributed by atoms with Crippen molar-refractivity contribution in [3.63, 3.8) is 0 Å². The van der Waals surface area contributed by atoms with Crippen LogP contribution in [-0.2, 0) is 11.3 Å². The molecule has 7 nitrogen and oxygen atoms in total. The second-order valence-electron chi connectivity index (χ2n) is 4.29. The van der Waals surface area contributed by atoms with Crippen LogP contribution in [0.4, 0.5) is 0 Å². The number of nitrogens with zero attached hydrogens (tertiary/aromatic N) is 1. The van der Waals surface area contributed by atoms with Gasteiger partial charge in [0, 0.05) is 25.2 Å². The standard InChI is InChI=1S/C12H18N2O5/c15-7-12(8-16,9-17)13-10(18)4-6-14-5-2-1-3-11(14)19/h1-3,5,15-17H,4,6-9H2,(H,13,18). The first-order chi connectivity index (χ1) is 9.06. The normalized spacial score (nSPS) is 11.3. The number of amides is 1. The Kier molecular flexibility index (Phi) is 5.68. The third kappa shape index (κ3) is 4.16. The zero-order chi connectivity index (χ0) is 14.3. The molecule has 1 amide bonds. The summed E-state index contributed by atoms with van der Waals surface area (Å²) in [5, 5.41) is 29.6. The maximum absolute atomic E-state index is 11.7. The van der Waals surface area contributed by atoms with Crippen molar-refractivity contribution >= 4 is 5.91 Å². The lowest BCUT2D eigenvalue weighted by Crippen LogP contribution is -2.57. The highest BCUT2D eigenvalue weighted by molar-refractivity contribution is 5.76. The molecule has 4 N–H and O–H groups in total. The van der Waals surface area contributed by atoms with E-state index in [-0.39, 0.29) is 18.5 Å². The van der Waals surface area contributed by atoms with Crippen molar-refractivity contribution in [2.75, 3.05) is 19.8 Å². The maximum atomic E-state index is 11.7. The molecule has 0 aromatic carbocycles. The third-order valence-electron chi connectivity index (χ3n) is 2.79. The minimum Gasteiger partial charge on any atom is -0.394 e. The van der Waals surface area contributed by atoms with Crippen LogP contribution in [0.1, 0.15) is 6.42 Å². The Morgan fingerprint density at radius 3 is 2.37 bits per heavy atom. The van der Waals surface area contributed by atoms with Gasteiger partial charge in [-0.15, -0.1) is 0 Å². The smallest absolute Gasteiger partial charge is 0.250 e. The van der Waals surface area contributed by atoms with Crippen LogP contribution in [0.2, 0.25) is 0 Å². The highest BCUT2D eigenvalue weighted by Crippen LogP contribution is 2.02. The summed E-state index contributed by atoms with van der Waals surface area (Å²) >= 11 is 0. The summed E-state index contributed by atoms with van der Waals surface area (Å²) < 4.78 is 1.37. The van der Waals surface area contributed by atoms with E-state index in [9.17, 15) is 9.59 Å². The van der Waals surface area contributed by atoms with Crippen molar-refractivity contribution in [3.05, 3.63) is 34.7 Å². The summed E-state index contributed by atoms with van der Waals surface area (Å²) in [4.78, 5) is 23.1. The summed E-state index contributed by atoms with van der Waals surface area (Å²) in [6, 6.07) is 4.67. The molecule has 1 rings (SSSR count). The first-order valence-electron chi connectivity index (χ1n) is 5.86. The molecule has 0 atom stereocenters. The molecule has 19 heavy (non-hydrogen) atoms. The van der Waals surface area contributed by atoms with Crippen LogP contribution in [0.25, 0.3) is 0 Å². The summed E-state index contributed by atoms with van der Waals surface area (Å²) in [7, 11) is 0. The number of hydrogen-bond acceptors (Lipinski definition) is 5. The van der Waals surface area contributed by atoms with E-state index in [1.807, 2.05) is 0 Å². The van der Waals surface area contributed by atoms with Gasteiger partial charge in [0.1, 0.15) is 5.54 Å². The van der Waals surface area contributed by atoms with Gasteiger partial charge in [-0.3, -0.25) is 9.59 Å². The molecule has 1 aromatic heterocycles. The number of rotatable bonds is 7. The first-order valence-corrected chi connectivity index (χ1v) is 5.86. The fourth-order valence-corrected chi connectivity index (χ4v) is 1.49. The average Bonchev–Trinajstić information content (AvgIpc) is 2.44. The lowest BCUT2D eigenvalue weighted by atomic mass is 10.0. The van der Waals surface area contributed by atoms with Gasteiger partial charge in [0.15, 0.2) is 0 Å². The molecule has 0 aliphatic rings. The number of pyridine rings is 1. The number of hydrogen-bond donors (Lipinski definition) is 4. The number of carbonyl (C=O) groups is 1. The first kappa shape index (κ1) is 15.4. The Bertz CT molecular complexity index is 459. The molecule has 0 spiro atoms. The molecule has 106 valence electrons. The zero-order valence-corrected chi connectivity index (χ0v) is 10.5. The Balaban J connectivity index is 2.57. The van der Waals surface area contributed by atoms with Crippen molar-refractivity contribution < 1.29 is 20.1 Å². The topological polar surface area (TPSA) is 112 Å². The van der Waals surface area contributed by atoms with Gasteiger partial charge in [0.25, 0.3) is 5.56 Å². The second-order valence-corrected chi connectivity index (χ2v) is 4.29. The molecule has 0 unspecified atom stereocenters. The predicted octanol–water partition coefficient (Wildman–Crippen LogP) is -1.93. The number of carbonyl (C=O) groups excluding carboxylic acids is 1. The SMILES string of the molecule is O=C(CCn1ccccc1=O)NC(CO)(CO)CO. The van der Waals surface area contributed by atoms with E-state index in [1.165, 1.54) is 10.6 Å². The van der Waals surface area contributed by atoms with Gasteiger partial charge < -0.3 is 25.2 Å². The molecule has 0 aliphatic carbocycles. The van der Waals surface area contributed by atoms with E-state index >= 15 is 0 Å². The number of nitrogens with one attached hydrogen (secondary N) is 1. The quantitative estimate of drug-likeness (QED) is 0.461. The van der Waals surface area contributed by atoms with Crippen LogP contribution in [0.15, 0.2) is 29.2 Å². The predicted molar refractivity (Wildman–Crippen MR) is 67.5 cm³/mol. The van der Waals surface area contributed by atoms with Gasteiger partial charge in [0.2, 0.25) is 5.91 Å². The third-order valence-corrected chi connectivity index (χ3v) is 2.79. The van der Waals surface area contributed by atoms with E-state index in [0.29, 0.717) is 0 Å². The monoisotopic (exact) mass is 270 g/mol. The second kappa shape index (κ2) is 7.03. The number of aromatic nitrogens is 1. The van der Waals surface area contributed by atoms with Crippen molar-refractivity contribution in [2.24, 2.45) is 0 Å². The highest BCUT2D eigenvalue weighted by Gasteiger charge is 2.29. The summed E-state index contributed by atoms with van der Waals surface area (Å²) in [5.74, 6) is -0.465. The zero-order valence-electron chi connectivity index (χ0n) is 10.5. The molecule has 0 saturated carbocycles. The molecule has 0 bridgehead atoms. The van der Waals surface area contributed by atoms with Crippen LogP contribution in [-0.4, -0.2) is 51.2 Å². The molecular formula is C12H18N2O5. The van der Waals surface area contributed by atoms with Crippen LogP contribution < -0.4 is 10.9 Å². The van der Waals surface area contributed by atoms with Crippen molar-refractivity contribution in [3.8, 4) is 0 Å². The Labute approximate surface area is 110 Å². The van der Waals surface area contributed by atoms with Crippen LogP contribution in [0.5, 0.6) is 0 Å². The lowest BCUT2D eigenvalue weighted by Gasteiger charge is -2.28. The molecule has 0 aliphatic heterocycles. The number of aliphatic hydroxyl groups is 3. The van der Waals surface area contributed by atoms with Gasteiger partial charge in [-0.1, -0.05) is 6.07 Å². The minimum atomic E-state index is -1.43. The molecule has 1 heterocycles. The van der Waals surface area contributed by atoms with E-state index in [0.717, 1.165) is 0 Å². The fourth-order valence-electron chi connectivity index (χ4n) is 1.49. The molecule has 0 fully saturated rings. The van der Waals surface area contributed by atoms with E-state index in [4.69, 9.17) is 15.3 Å². The van der Waals surface area contributed by atoms with Gasteiger partial charge in [0.05, 0.1) is 19.8 Å². The lowest BCUT2D eigenvalue weighted by molar-refractivity contribution is -0.125. The maximum Gasteiger partial charge on any atom is 0.250 e. The highest BCUT2D eigenvalue weighted by atomic mass is 16.3. The molecule has 0 radical (unpaired) electrons. The number of aliphatic hydroxyl groups excluding tert-OH is 3. The molecular weight excluding hydrogens is 252 g/mol. The Morgan fingerprint density at radius 2 is 1.84 bits per heavy atom. The minimum absolute atomic E-state index is 0.00562. The van der Waals surface area contributed by atoms with E-state index in [1.54, 1.807) is 18.3 Å². The summed E-state index contributed by atoms with van der Waals surface area (Å²) in [5.41, 5.74) is -1.65. The largest absolute Gasteiger partial charge is 0.394 e. The average molecular weight is 270 g/mol. The molecule has 0 saturated heterocycles. The fraction of sp³-hybridized carbons (Fsp3) is 0.500. The molecule has 1 aromatic rings. The van der Waals surface area contributed by atoms with Crippen molar-refractivity contribution in [2.45, 2.75) is 18.5 Å². The van der Waals surface area contributed by atoms with Crippen LogP contribution in [0.3, 0.4) is 0 Å². The molecule has 7 heteroatoms. The Hall–Kier alpha value is -1.70. The number of aryl methyl sites for hydroxylation is 1. The van der Waals surface area contributed by atoms with Gasteiger partial charge in [-0.25, -0.2) is 0 Å². The van der Waals surface area contributed by atoms with Crippen molar-refractivity contribution in [1.82, 2.24) is 9.88 Å². The van der Waals surface area contributed by atoms with E-state index in [2.05, 4.69) is 5.32 Å². The van der Waals surface area contributed by atoms with Gasteiger partial charge >= 0.3 is 0 Å². The van der Waals surface area contributed by atoms with Crippen molar-refractivity contribution in [1.29, 1.82) is 0 Å². The summed E-state index contributed by atoms with van der Waals surface area (Å²) in [6.07, 6.45) is 1.57. The van der Waals surface area contributed by atoms with Crippen LogP contribution in [0, 0.1) is 0 Å².